The number of benzene rings is 3. The van der Waals surface area contributed by atoms with Crippen LogP contribution in [0.15, 0.2) is 86.7 Å². The highest BCUT2D eigenvalue weighted by molar-refractivity contribution is 9.10. The van der Waals surface area contributed by atoms with E-state index in [4.69, 9.17) is 0 Å². The van der Waals surface area contributed by atoms with Crippen molar-refractivity contribution >= 4 is 65.5 Å². The van der Waals surface area contributed by atoms with E-state index in [-0.39, 0.29) is 0 Å². The molecular formula is C27H19Br2N5O2. The van der Waals surface area contributed by atoms with Gasteiger partial charge in [0.25, 0.3) is 0 Å². The Balaban J connectivity index is 1.77. The number of aromatic nitrogens is 3. The van der Waals surface area contributed by atoms with Crippen LogP contribution in [0, 0.1) is 11.3 Å². The minimum absolute atomic E-state index is 0.372. The quantitative estimate of drug-likeness (QED) is 0.247. The average molecular weight is 605 g/mol. The van der Waals surface area contributed by atoms with Crippen LogP contribution in [0.25, 0.3) is 27.6 Å². The number of carbonyl (C=O) groups excluding carboxylic acids is 1. The molecule has 3 aromatic carbocycles. The van der Waals surface area contributed by atoms with Crippen LogP contribution < -0.4 is 11.0 Å². The lowest BCUT2D eigenvalue weighted by molar-refractivity contribution is 0.253. The maximum Gasteiger partial charge on any atom is 0.342 e. The molecule has 1 N–H and O–H groups in total. The molecule has 0 bridgehead atoms. The summed E-state index contributed by atoms with van der Waals surface area (Å²) in [6.07, 6.45) is 1.54. The Morgan fingerprint density at radius 3 is 2.47 bits per heavy atom. The molecule has 7 nitrogen and oxygen atoms in total. The molecule has 178 valence electrons. The number of hydrogen-bond donors (Lipinski definition) is 1. The van der Waals surface area contributed by atoms with E-state index in [1.165, 1.54) is 10.8 Å². The van der Waals surface area contributed by atoms with Gasteiger partial charge in [-0.2, -0.15) is 5.26 Å². The van der Waals surface area contributed by atoms with Gasteiger partial charge in [-0.25, -0.2) is 14.2 Å². The largest absolute Gasteiger partial charge is 0.342 e. The van der Waals surface area contributed by atoms with Crippen LogP contribution in [0.2, 0.25) is 0 Å². The first-order valence-electron chi connectivity index (χ1n) is 11.0. The van der Waals surface area contributed by atoms with Gasteiger partial charge in [-0.3, -0.25) is 9.55 Å². The molecule has 0 fully saturated rings. The molecule has 0 aliphatic carbocycles. The van der Waals surface area contributed by atoms with E-state index in [0.717, 1.165) is 14.6 Å². The zero-order valence-electron chi connectivity index (χ0n) is 19.3. The maximum absolute atomic E-state index is 13.8. The normalized spacial score (nSPS) is 11.5. The van der Waals surface area contributed by atoms with Crippen LogP contribution in [-0.4, -0.2) is 20.1 Å². The maximum atomic E-state index is 13.8. The highest BCUT2D eigenvalue weighted by Gasteiger charge is 2.24. The van der Waals surface area contributed by atoms with Gasteiger partial charge < -0.3 is 5.32 Å². The zero-order valence-corrected chi connectivity index (χ0v) is 22.5. The number of nitrogens with zero attached hydrogens (tertiary/aromatic N) is 4. The summed E-state index contributed by atoms with van der Waals surface area (Å²) in [5.74, 6) is 0. The number of fused-ring (bicyclic) bond motifs is 3. The van der Waals surface area contributed by atoms with E-state index in [9.17, 15) is 14.9 Å². The van der Waals surface area contributed by atoms with Crippen molar-refractivity contribution in [3.05, 3.63) is 97.9 Å². The third kappa shape index (κ3) is 4.02. The number of amides is 1. The molecule has 0 saturated carbocycles. The molecule has 0 saturated heterocycles. The second-order valence-corrected chi connectivity index (χ2v) is 10.6. The highest BCUT2D eigenvalue weighted by atomic mass is 79.9. The molecule has 2 heterocycles. The van der Waals surface area contributed by atoms with E-state index in [2.05, 4.69) is 48.2 Å². The number of rotatable bonds is 3. The minimum atomic E-state index is -0.679. The Labute approximate surface area is 223 Å². The fraction of sp³-hybridized carbons (Fsp3) is 0.111. The molecule has 5 rings (SSSR count). The van der Waals surface area contributed by atoms with Crippen LogP contribution >= 0.6 is 31.9 Å². The van der Waals surface area contributed by atoms with Crippen LogP contribution in [0.1, 0.15) is 19.4 Å². The number of nitrogens with one attached hydrogen (secondary N) is 1. The summed E-state index contributed by atoms with van der Waals surface area (Å²) < 4.78 is 4.11. The fourth-order valence-corrected chi connectivity index (χ4v) is 4.84. The Morgan fingerprint density at radius 1 is 1.06 bits per heavy atom. The molecule has 0 aliphatic rings. The van der Waals surface area contributed by atoms with Crippen molar-refractivity contribution in [1.29, 1.82) is 5.26 Å². The van der Waals surface area contributed by atoms with Gasteiger partial charge in [0.05, 0.1) is 45.6 Å². The van der Waals surface area contributed by atoms with E-state index in [1.54, 1.807) is 30.3 Å². The Hall–Kier alpha value is -3.74. The number of imidazole rings is 1. The number of pyridine rings is 1. The molecule has 36 heavy (non-hydrogen) atoms. The molecule has 0 spiro atoms. The highest BCUT2D eigenvalue weighted by Crippen LogP contribution is 2.30. The first-order valence-corrected chi connectivity index (χ1v) is 12.6. The van der Waals surface area contributed by atoms with Gasteiger partial charge >= 0.3 is 11.7 Å². The van der Waals surface area contributed by atoms with Gasteiger partial charge in [0.2, 0.25) is 0 Å². The van der Waals surface area contributed by atoms with Gasteiger partial charge in [-0.05, 0) is 77.8 Å². The predicted molar refractivity (Wildman–Crippen MR) is 148 cm³/mol. The van der Waals surface area contributed by atoms with Gasteiger partial charge in [-0.15, -0.1) is 0 Å². The van der Waals surface area contributed by atoms with Crippen LogP contribution in [0.4, 0.5) is 10.5 Å². The van der Waals surface area contributed by atoms with Crippen molar-refractivity contribution in [3.63, 3.8) is 0 Å². The lowest BCUT2D eigenvalue weighted by atomic mass is 9.86. The first-order chi connectivity index (χ1) is 17.2. The number of carbonyl (C=O) groups is 1. The van der Waals surface area contributed by atoms with E-state index in [1.807, 2.05) is 50.2 Å². The van der Waals surface area contributed by atoms with E-state index in [0.29, 0.717) is 37.8 Å². The second kappa shape index (κ2) is 9.04. The number of hydrogen-bond acceptors (Lipinski definition) is 4. The molecule has 0 radical (unpaired) electrons. The number of halogens is 2. The topological polar surface area (TPSA) is 92.7 Å². The van der Waals surface area contributed by atoms with Crippen LogP contribution in [0.5, 0.6) is 0 Å². The molecule has 0 unspecified atom stereocenters. The van der Waals surface area contributed by atoms with Crippen molar-refractivity contribution in [2.45, 2.75) is 19.3 Å². The molecular weight excluding hydrogens is 586 g/mol. The summed E-state index contributed by atoms with van der Waals surface area (Å²) >= 11 is 6.94. The molecule has 1 amide bonds. The van der Waals surface area contributed by atoms with E-state index < -0.39 is 17.1 Å². The molecule has 2 aromatic heterocycles. The molecule has 0 atom stereocenters. The Morgan fingerprint density at radius 2 is 1.78 bits per heavy atom. The molecule has 9 heteroatoms. The fourth-order valence-electron chi connectivity index (χ4n) is 4.10. The Kier molecular flexibility index (Phi) is 6.02. The summed E-state index contributed by atoms with van der Waals surface area (Å²) in [5.41, 5.74) is 2.34. The van der Waals surface area contributed by atoms with Crippen LogP contribution in [0.3, 0.4) is 0 Å². The zero-order chi connectivity index (χ0) is 25.6. The average Bonchev–Trinajstić information content (AvgIpc) is 3.17. The first kappa shape index (κ1) is 24.0. The van der Waals surface area contributed by atoms with Crippen molar-refractivity contribution in [2.75, 3.05) is 5.32 Å². The van der Waals surface area contributed by atoms with Crippen molar-refractivity contribution in [1.82, 2.24) is 14.1 Å². The van der Waals surface area contributed by atoms with Crippen molar-refractivity contribution < 1.29 is 4.79 Å². The number of anilines is 1. The SMILES string of the molecule is CC(C)(C#N)c1ccc(-n2c(=O)n(C(=O)Nc3ccccc3Br)c3cnc4ccc(Br)cc4c32)cc1. The smallest absolute Gasteiger partial charge is 0.306 e. The minimum Gasteiger partial charge on any atom is -0.306 e. The summed E-state index contributed by atoms with van der Waals surface area (Å²) in [5, 5.41) is 13.0. The van der Waals surface area contributed by atoms with Crippen molar-refractivity contribution in [3.8, 4) is 11.8 Å². The summed E-state index contributed by atoms with van der Waals surface area (Å²) in [6, 6.07) is 21.7. The van der Waals surface area contributed by atoms with Gasteiger partial charge in [0, 0.05) is 14.3 Å². The standard InChI is InChI=1S/C27H19Br2N5O2/c1-27(2,15-30)16-7-10-18(11-8-16)33-24-19-13-17(28)9-12-21(19)31-14-23(24)34(26(33)36)25(35)32-22-6-4-3-5-20(22)29/h3-14H,1-2H3,(H,32,35). The van der Waals surface area contributed by atoms with Gasteiger partial charge in [0.15, 0.2) is 0 Å². The van der Waals surface area contributed by atoms with Crippen LogP contribution in [-0.2, 0) is 5.41 Å². The summed E-state index contributed by atoms with van der Waals surface area (Å²) in [6.45, 7) is 3.67. The number of nitriles is 1. The molecule has 0 aliphatic heterocycles. The third-order valence-electron chi connectivity index (χ3n) is 6.07. The van der Waals surface area contributed by atoms with Crippen molar-refractivity contribution in [2.24, 2.45) is 0 Å². The van der Waals surface area contributed by atoms with Gasteiger partial charge in [0.1, 0.15) is 0 Å². The summed E-state index contributed by atoms with van der Waals surface area (Å²) in [4.78, 5) is 31.8. The van der Waals surface area contributed by atoms with Gasteiger partial charge in [-0.1, -0.05) is 40.2 Å². The predicted octanol–water partition coefficient (Wildman–Crippen LogP) is 6.75. The lowest BCUT2D eigenvalue weighted by Gasteiger charge is -2.16. The second-order valence-electron chi connectivity index (χ2n) is 8.80. The summed E-state index contributed by atoms with van der Waals surface area (Å²) in [7, 11) is 0. The van der Waals surface area contributed by atoms with E-state index >= 15 is 0 Å². The monoisotopic (exact) mass is 603 g/mol. The number of para-hydroxylation sites is 1. The molecule has 5 aromatic rings. The third-order valence-corrected chi connectivity index (χ3v) is 7.26. The Bertz CT molecular complexity index is 1760. The lowest BCUT2D eigenvalue weighted by Crippen LogP contribution is -2.32.